The largest absolute Gasteiger partial charge is 0.494 e. The van der Waals surface area contributed by atoms with Gasteiger partial charge in [-0.1, -0.05) is 12.5 Å². The maximum atomic E-state index is 10.1. The second-order valence-electron chi connectivity index (χ2n) is 6.54. The number of fused-ring (bicyclic) bond motifs is 1. The van der Waals surface area contributed by atoms with Gasteiger partial charge in [0.1, 0.15) is 5.75 Å². The molecule has 3 heteroatoms. The molecule has 3 nitrogen and oxygen atoms in total. The van der Waals surface area contributed by atoms with Crippen LogP contribution < -0.4 is 4.74 Å². The van der Waals surface area contributed by atoms with Gasteiger partial charge >= 0.3 is 0 Å². The quantitative estimate of drug-likeness (QED) is 0.923. The zero-order chi connectivity index (χ0) is 14.7. The SMILES string of the molecule is CN1CCCCC1CCOc1ccc2c(c1)C(O)CCC2. The molecular weight excluding hydrogens is 262 g/mol. The van der Waals surface area contributed by atoms with Gasteiger partial charge in [-0.05, 0) is 75.4 Å². The first-order valence-corrected chi connectivity index (χ1v) is 8.38. The lowest BCUT2D eigenvalue weighted by Crippen LogP contribution is -2.37. The molecule has 1 aromatic rings. The van der Waals surface area contributed by atoms with Gasteiger partial charge in [0.2, 0.25) is 0 Å². The molecule has 0 spiro atoms. The molecule has 0 bridgehead atoms. The van der Waals surface area contributed by atoms with Crippen LogP contribution in [0.15, 0.2) is 18.2 Å². The van der Waals surface area contributed by atoms with Gasteiger partial charge in [-0.25, -0.2) is 0 Å². The summed E-state index contributed by atoms with van der Waals surface area (Å²) < 4.78 is 5.93. The van der Waals surface area contributed by atoms with E-state index in [9.17, 15) is 5.11 Å². The summed E-state index contributed by atoms with van der Waals surface area (Å²) in [6.45, 7) is 1.99. The summed E-state index contributed by atoms with van der Waals surface area (Å²) in [4.78, 5) is 2.46. The summed E-state index contributed by atoms with van der Waals surface area (Å²) in [6, 6.07) is 6.90. The minimum absolute atomic E-state index is 0.304. The van der Waals surface area contributed by atoms with Gasteiger partial charge in [-0.2, -0.15) is 0 Å². The van der Waals surface area contributed by atoms with Crippen molar-refractivity contribution in [2.24, 2.45) is 0 Å². The van der Waals surface area contributed by atoms with Crippen LogP contribution >= 0.6 is 0 Å². The highest BCUT2D eigenvalue weighted by atomic mass is 16.5. The van der Waals surface area contributed by atoms with Crippen LogP contribution in [-0.2, 0) is 6.42 Å². The monoisotopic (exact) mass is 289 g/mol. The Morgan fingerprint density at radius 2 is 2.14 bits per heavy atom. The average molecular weight is 289 g/mol. The molecule has 2 atom stereocenters. The Hall–Kier alpha value is -1.06. The maximum absolute atomic E-state index is 10.1. The molecule has 1 aliphatic heterocycles. The van der Waals surface area contributed by atoms with Crippen molar-refractivity contribution in [2.45, 2.75) is 57.1 Å². The third-order valence-electron chi connectivity index (χ3n) is 5.04. The lowest BCUT2D eigenvalue weighted by molar-refractivity contribution is 0.150. The number of hydrogen-bond acceptors (Lipinski definition) is 3. The van der Waals surface area contributed by atoms with Crippen molar-refractivity contribution >= 4 is 0 Å². The summed E-state index contributed by atoms with van der Waals surface area (Å²) in [5.41, 5.74) is 2.36. The van der Waals surface area contributed by atoms with Gasteiger partial charge in [-0.15, -0.1) is 0 Å². The first-order valence-electron chi connectivity index (χ1n) is 8.38. The number of rotatable bonds is 4. The Balaban J connectivity index is 1.54. The Labute approximate surface area is 127 Å². The minimum Gasteiger partial charge on any atom is -0.494 e. The molecule has 116 valence electrons. The maximum Gasteiger partial charge on any atom is 0.119 e. The molecule has 1 heterocycles. The molecule has 1 fully saturated rings. The molecule has 0 aromatic heterocycles. The van der Waals surface area contributed by atoms with Crippen molar-refractivity contribution in [1.82, 2.24) is 4.90 Å². The van der Waals surface area contributed by atoms with Gasteiger partial charge in [0.05, 0.1) is 12.7 Å². The number of nitrogens with zero attached hydrogens (tertiary/aromatic N) is 1. The van der Waals surface area contributed by atoms with Crippen molar-refractivity contribution in [3.63, 3.8) is 0 Å². The highest BCUT2D eigenvalue weighted by molar-refractivity contribution is 5.38. The highest BCUT2D eigenvalue weighted by Crippen LogP contribution is 2.32. The van der Waals surface area contributed by atoms with Gasteiger partial charge in [0.25, 0.3) is 0 Å². The zero-order valence-electron chi connectivity index (χ0n) is 13.1. The first-order chi connectivity index (χ1) is 10.2. The summed E-state index contributed by atoms with van der Waals surface area (Å²) in [6.07, 6.45) is 7.81. The number of benzene rings is 1. The van der Waals surface area contributed by atoms with Crippen LogP contribution in [0.4, 0.5) is 0 Å². The molecule has 1 aromatic carbocycles. The number of piperidine rings is 1. The fourth-order valence-corrected chi connectivity index (χ4v) is 3.66. The van der Waals surface area contributed by atoms with E-state index in [4.69, 9.17) is 4.74 Å². The van der Waals surface area contributed by atoms with Crippen LogP contribution in [0.3, 0.4) is 0 Å². The molecule has 2 aliphatic rings. The molecule has 3 rings (SSSR count). The van der Waals surface area contributed by atoms with E-state index in [1.54, 1.807) is 0 Å². The lowest BCUT2D eigenvalue weighted by atomic mass is 9.89. The second kappa shape index (κ2) is 6.80. The Morgan fingerprint density at radius 3 is 3.00 bits per heavy atom. The van der Waals surface area contributed by atoms with E-state index >= 15 is 0 Å². The van der Waals surface area contributed by atoms with Gasteiger partial charge in [0.15, 0.2) is 0 Å². The number of aryl methyl sites for hydroxylation is 1. The second-order valence-corrected chi connectivity index (χ2v) is 6.54. The predicted octanol–water partition coefficient (Wildman–Crippen LogP) is 3.31. The molecule has 0 radical (unpaired) electrons. The molecule has 1 N–H and O–H groups in total. The number of likely N-dealkylation sites (tertiary alicyclic amines) is 1. The van der Waals surface area contributed by atoms with E-state index in [0.29, 0.717) is 6.04 Å². The van der Waals surface area contributed by atoms with Crippen LogP contribution in [0.2, 0.25) is 0 Å². The van der Waals surface area contributed by atoms with Crippen molar-refractivity contribution < 1.29 is 9.84 Å². The predicted molar refractivity (Wildman–Crippen MR) is 84.7 cm³/mol. The van der Waals surface area contributed by atoms with Crippen molar-refractivity contribution in [2.75, 3.05) is 20.2 Å². The highest BCUT2D eigenvalue weighted by Gasteiger charge is 2.20. The number of aliphatic hydroxyl groups is 1. The van der Waals surface area contributed by atoms with E-state index in [1.165, 1.54) is 31.4 Å². The summed E-state index contributed by atoms with van der Waals surface area (Å²) >= 11 is 0. The number of hydrogen-bond donors (Lipinski definition) is 1. The molecular formula is C18H27NO2. The van der Waals surface area contributed by atoms with Crippen molar-refractivity contribution in [3.8, 4) is 5.75 Å². The van der Waals surface area contributed by atoms with Crippen LogP contribution in [-0.4, -0.2) is 36.2 Å². The minimum atomic E-state index is -0.304. The fourth-order valence-electron chi connectivity index (χ4n) is 3.66. The Bertz CT molecular complexity index is 474. The Morgan fingerprint density at radius 1 is 1.24 bits per heavy atom. The number of ether oxygens (including phenoxy) is 1. The summed E-state index contributed by atoms with van der Waals surface area (Å²) in [5, 5.41) is 10.1. The van der Waals surface area contributed by atoms with E-state index in [0.717, 1.165) is 43.6 Å². The first kappa shape index (κ1) is 14.9. The van der Waals surface area contributed by atoms with Crippen molar-refractivity contribution in [1.29, 1.82) is 0 Å². The third-order valence-corrected chi connectivity index (χ3v) is 5.04. The number of aliphatic hydroxyl groups excluding tert-OH is 1. The van der Waals surface area contributed by atoms with E-state index in [1.807, 2.05) is 6.07 Å². The molecule has 1 saturated heterocycles. The third kappa shape index (κ3) is 3.58. The summed E-state index contributed by atoms with van der Waals surface area (Å²) in [5.74, 6) is 0.910. The van der Waals surface area contributed by atoms with Crippen LogP contribution in [0.25, 0.3) is 0 Å². The molecule has 0 amide bonds. The molecule has 1 aliphatic carbocycles. The van der Waals surface area contributed by atoms with E-state index < -0.39 is 0 Å². The normalized spacial score (nSPS) is 26.4. The van der Waals surface area contributed by atoms with Gasteiger partial charge in [0, 0.05) is 6.04 Å². The summed E-state index contributed by atoms with van der Waals surface area (Å²) in [7, 11) is 2.22. The van der Waals surface area contributed by atoms with E-state index in [-0.39, 0.29) is 6.10 Å². The fraction of sp³-hybridized carbons (Fsp3) is 0.667. The smallest absolute Gasteiger partial charge is 0.119 e. The van der Waals surface area contributed by atoms with Gasteiger partial charge in [-0.3, -0.25) is 0 Å². The standard InChI is InChI=1S/C18H27NO2/c1-19-11-3-2-6-15(19)10-12-21-16-9-8-14-5-4-7-18(20)17(14)13-16/h8-9,13,15,18,20H,2-7,10-12H2,1H3. The van der Waals surface area contributed by atoms with Crippen molar-refractivity contribution in [3.05, 3.63) is 29.3 Å². The average Bonchev–Trinajstić information content (AvgIpc) is 2.50. The van der Waals surface area contributed by atoms with Gasteiger partial charge < -0.3 is 14.7 Å². The van der Waals surface area contributed by atoms with Crippen LogP contribution in [0.1, 0.15) is 55.8 Å². The van der Waals surface area contributed by atoms with Crippen LogP contribution in [0, 0.1) is 0 Å². The van der Waals surface area contributed by atoms with E-state index in [2.05, 4.69) is 24.1 Å². The molecule has 0 saturated carbocycles. The lowest BCUT2D eigenvalue weighted by Gasteiger charge is -2.32. The topological polar surface area (TPSA) is 32.7 Å². The molecule has 2 unspecified atom stereocenters. The Kier molecular flexibility index (Phi) is 4.81. The molecule has 21 heavy (non-hydrogen) atoms. The van der Waals surface area contributed by atoms with Crippen LogP contribution in [0.5, 0.6) is 5.75 Å². The zero-order valence-corrected chi connectivity index (χ0v) is 13.1.